The first kappa shape index (κ1) is 25.2. The third-order valence-electron chi connectivity index (χ3n) is 7.11. The van der Waals surface area contributed by atoms with Crippen LogP contribution in [0.2, 0.25) is 0 Å². The lowest BCUT2D eigenvalue weighted by Gasteiger charge is -2.19. The first-order valence-electron chi connectivity index (χ1n) is 12.3. The highest BCUT2D eigenvalue weighted by Crippen LogP contribution is 2.50. The molecule has 0 aromatic carbocycles. The third kappa shape index (κ3) is 7.55. The lowest BCUT2D eigenvalue weighted by molar-refractivity contribution is -0.121. The molecule has 2 aliphatic rings. The van der Waals surface area contributed by atoms with E-state index in [9.17, 15) is 15.0 Å². The van der Waals surface area contributed by atoms with Crippen molar-refractivity contribution in [3.05, 3.63) is 53.9 Å². The molecule has 2 saturated carbocycles. The number of fused-ring (bicyclic) bond motifs is 1. The van der Waals surface area contributed by atoms with Crippen LogP contribution in [0, 0.1) is 35.5 Å². The van der Waals surface area contributed by atoms with E-state index < -0.39 is 6.10 Å². The molecule has 3 N–H and O–H groups in total. The van der Waals surface area contributed by atoms with Crippen molar-refractivity contribution in [1.82, 2.24) is 10.3 Å². The maximum absolute atomic E-state index is 12.1. The van der Waals surface area contributed by atoms with Crippen LogP contribution in [0.1, 0.15) is 64.4 Å². The standard InChI is InChI=1S/C28H38N2O3/c1-3-4-7-20(2)26(31)11-10-24-25-17-22(16-23(25)18-27(24)32)8-5-6-9-28(33)30-19-21-12-14-29-15-13-21/h8,10-15,20,23-27,31-32H,5-7,9,16-19H2,1-2H3,(H,30,33)/b11-10+,22-8+/t20-,23+,24-,25+,26-,27-/m1/s1. The summed E-state index contributed by atoms with van der Waals surface area (Å²) in [6.45, 7) is 4.36. The quantitative estimate of drug-likeness (QED) is 0.284. The van der Waals surface area contributed by atoms with E-state index in [4.69, 9.17) is 0 Å². The first-order valence-corrected chi connectivity index (χ1v) is 12.3. The summed E-state index contributed by atoms with van der Waals surface area (Å²) in [5.41, 5.74) is 2.51. The molecular formula is C28H38N2O3. The molecule has 1 aromatic rings. The summed E-state index contributed by atoms with van der Waals surface area (Å²) in [5, 5.41) is 23.9. The number of aromatic nitrogens is 1. The summed E-state index contributed by atoms with van der Waals surface area (Å²) in [5.74, 6) is 7.15. The Hall–Kier alpha value is -2.42. The number of allylic oxidation sites excluding steroid dienone is 2. The minimum atomic E-state index is -0.529. The fraction of sp³-hybridized carbons (Fsp3) is 0.571. The Morgan fingerprint density at radius 3 is 2.88 bits per heavy atom. The second-order valence-corrected chi connectivity index (χ2v) is 9.58. The van der Waals surface area contributed by atoms with Gasteiger partial charge in [0, 0.05) is 37.7 Å². The van der Waals surface area contributed by atoms with Crippen LogP contribution in [0.15, 0.2) is 48.3 Å². The normalized spacial score (nSPS) is 27.2. The summed E-state index contributed by atoms with van der Waals surface area (Å²) in [6.07, 6.45) is 14.7. The second kappa shape index (κ2) is 12.7. The lowest BCUT2D eigenvalue weighted by Crippen LogP contribution is -2.22. The molecule has 6 atom stereocenters. The SMILES string of the molecule is CC#CC[C@@H](C)[C@H](O)/C=C/[C@@H]1[C@H]2C/C(=C/CCCC(=O)NCc3ccncc3)C[C@H]2C[C@H]1O. The number of rotatable bonds is 10. The number of carbonyl (C=O) groups is 1. The van der Waals surface area contributed by atoms with Gasteiger partial charge in [0.25, 0.3) is 0 Å². The Morgan fingerprint density at radius 2 is 2.12 bits per heavy atom. The van der Waals surface area contributed by atoms with Gasteiger partial charge in [0.05, 0.1) is 12.2 Å². The number of amides is 1. The predicted molar refractivity (Wildman–Crippen MR) is 131 cm³/mol. The Bertz CT molecular complexity index is 883. The zero-order valence-corrected chi connectivity index (χ0v) is 19.9. The zero-order valence-electron chi connectivity index (χ0n) is 19.9. The number of nitrogens with one attached hydrogen (secondary N) is 1. The second-order valence-electron chi connectivity index (χ2n) is 9.58. The Labute approximate surface area is 198 Å². The molecule has 0 bridgehead atoms. The van der Waals surface area contributed by atoms with Crippen molar-refractivity contribution in [3.63, 3.8) is 0 Å². The number of hydrogen-bond donors (Lipinski definition) is 3. The highest BCUT2D eigenvalue weighted by atomic mass is 16.3. The van der Waals surface area contributed by atoms with Crippen LogP contribution >= 0.6 is 0 Å². The van der Waals surface area contributed by atoms with E-state index in [1.54, 1.807) is 12.4 Å². The van der Waals surface area contributed by atoms with Crippen molar-refractivity contribution in [1.29, 1.82) is 0 Å². The van der Waals surface area contributed by atoms with Crippen molar-refractivity contribution in [2.45, 2.75) is 77.5 Å². The minimum Gasteiger partial charge on any atom is -0.392 e. The van der Waals surface area contributed by atoms with Crippen molar-refractivity contribution < 1.29 is 15.0 Å². The van der Waals surface area contributed by atoms with Crippen LogP contribution in [0.25, 0.3) is 0 Å². The molecule has 1 aromatic heterocycles. The predicted octanol–water partition coefficient (Wildman–Crippen LogP) is 4.17. The van der Waals surface area contributed by atoms with Crippen LogP contribution in [-0.4, -0.2) is 33.3 Å². The fourth-order valence-corrected chi connectivity index (χ4v) is 5.11. The molecule has 3 rings (SSSR count). The Kier molecular flexibility index (Phi) is 9.72. The van der Waals surface area contributed by atoms with Gasteiger partial charge in [-0.2, -0.15) is 0 Å². The molecule has 0 saturated heterocycles. The van der Waals surface area contributed by atoms with Gasteiger partial charge in [-0.05, 0) is 74.5 Å². The maximum Gasteiger partial charge on any atom is 0.220 e. The number of nitrogens with zero attached hydrogens (tertiary/aromatic N) is 1. The van der Waals surface area contributed by atoms with E-state index in [0.29, 0.717) is 31.2 Å². The van der Waals surface area contributed by atoms with Gasteiger partial charge in [-0.25, -0.2) is 0 Å². The number of carbonyl (C=O) groups excluding carboxylic acids is 1. The number of pyridine rings is 1. The van der Waals surface area contributed by atoms with Crippen LogP contribution in [0.5, 0.6) is 0 Å². The van der Waals surface area contributed by atoms with E-state index in [-0.39, 0.29) is 23.8 Å². The van der Waals surface area contributed by atoms with Gasteiger partial charge >= 0.3 is 0 Å². The summed E-state index contributed by atoms with van der Waals surface area (Å²) in [4.78, 5) is 16.1. The average Bonchev–Trinajstić information content (AvgIpc) is 3.34. The Balaban J connectivity index is 1.41. The molecule has 2 fully saturated rings. The minimum absolute atomic E-state index is 0.0829. The number of aliphatic hydroxyl groups excluding tert-OH is 2. The molecule has 5 heteroatoms. The molecule has 33 heavy (non-hydrogen) atoms. The van der Waals surface area contributed by atoms with Gasteiger partial charge in [-0.3, -0.25) is 9.78 Å². The van der Waals surface area contributed by atoms with Crippen molar-refractivity contribution >= 4 is 5.91 Å². The van der Waals surface area contributed by atoms with Crippen molar-refractivity contribution in [3.8, 4) is 11.8 Å². The van der Waals surface area contributed by atoms with Crippen molar-refractivity contribution in [2.75, 3.05) is 0 Å². The van der Waals surface area contributed by atoms with Gasteiger partial charge in [-0.15, -0.1) is 11.8 Å². The average molecular weight is 451 g/mol. The smallest absolute Gasteiger partial charge is 0.220 e. The third-order valence-corrected chi connectivity index (χ3v) is 7.11. The molecule has 0 spiro atoms. The summed E-state index contributed by atoms with van der Waals surface area (Å²) >= 11 is 0. The molecule has 1 heterocycles. The molecule has 1 amide bonds. The lowest BCUT2D eigenvalue weighted by atomic mass is 9.89. The number of unbranched alkanes of at least 4 members (excludes halogenated alkanes) is 1. The van der Waals surface area contributed by atoms with Gasteiger partial charge in [0.1, 0.15) is 0 Å². The van der Waals surface area contributed by atoms with Gasteiger partial charge in [-0.1, -0.05) is 30.7 Å². The fourth-order valence-electron chi connectivity index (χ4n) is 5.11. The van der Waals surface area contributed by atoms with E-state index >= 15 is 0 Å². The summed E-state index contributed by atoms with van der Waals surface area (Å²) in [7, 11) is 0. The van der Waals surface area contributed by atoms with Gasteiger partial charge in [0.15, 0.2) is 0 Å². The van der Waals surface area contributed by atoms with Crippen LogP contribution in [0.3, 0.4) is 0 Å². The van der Waals surface area contributed by atoms with Crippen molar-refractivity contribution in [2.24, 2.45) is 23.7 Å². The molecule has 0 radical (unpaired) electrons. The molecule has 5 nitrogen and oxygen atoms in total. The molecule has 2 aliphatic carbocycles. The van der Waals surface area contributed by atoms with Crippen LogP contribution in [-0.2, 0) is 11.3 Å². The summed E-state index contributed by atoms with van der Waals surface area (Å²) < 4.78 is 0. The largest absolute Gasteiger partial charge is 0.392 e. The first-order chi connectivity index (χ1) is 16.0. The maximum atomic E-state index is 12.1. The summed E-state index contributed by atoms with van der Waals surface area (Å²) in [6, 6.07) is 3.81. The van der Waals surface area contributed by atoms with Crippen LogP contribution in [0.4, 0.5) is 0 Å². The zero-order chi connectivity index (χ0) is 23.6. The van der Waals surface area contributed by atoms with Crippen LogP contribution < -0.4 is 5.32 Å². The molecule has 0 aliphatic heterocycles. The Morgan fingerprint density at radius 1 is 1.33 bits per heavy atom. The highest BCUT2D eigenvalue weighted by Gasteiger charge is 2.44. The molecular weight excluding hydrogens is 412 g/mol. The van der Waals surface area contributed by atoms with Gasteiger partial charge < -0.3 is 15.5 Å². The number of aliphatic hydroxyl groups is 2. The van der Waals surface area contributed by atoms with E-state index in [2.05, 4.69) is 28.2 Å². The monoisotopic (exact) mass is 450 g/mol. The van der Waals surface area contributed by atoms with E-state index in [1.807, 2.05) is 38.1 Å². The van der Waals surface area contributed by atoms with Gasteiger partial charge in [0.2, 0.25) is 5.91 Å². The number of hydrogen-bond acceptors (Lipinski definition) is 4. The molecule has 178 valence electrons. The molecule has 0 unspecified atom stereocenters. The topological polar surface area (TPSA) is 82.5 Å². The van der Waals surface area contributed by atoms with E-state index in [0.717, 1.165) is 37.7 Å². The van der Waals surface area contributed by atoms with E-state index in [1.165, 1.54) is 5.57 Å². The highest BCUT2D eigenvalue weighted by molar-refractivity contribution is 5.75.